The number of hydrogen-bond donors (Lipinski definition) is 2. The van der Waals surface area contributed by atoms with Crippen LogP contribution in [-0.2, 0) is 110 Å². The molecule has 0 spiro atoms. The van der Waals surface area contributed by atoms with Crippen molar-refractivity contribution in [2.24, 2.45) is 10.8 Å². The minimum absolute atomic E-state index is 0.00113. The number of alkyl halides is 4. The molecule has 1 saturated heterocycles. The minimum Gasteiger partial charge on any atom is -0.453 e. The van der Waals surface area contributed by atoms with Crippen LogP contribution in [0, 0.1) is 10.8 Å². The lowest BCUT2D eigenvalue weighted by atomic mass is 9.71. The van der Waals surface area contributed by atoms with Gasteiger partial charge in [-0.2, -0.15) is 18.7 Å². The molecular weight excluding hydrogens is 1560 g/mol. The van der Waals surface area contributed by atoms with Crippen LogP contribution in [0.5, 0.6) is 0 Å². The molecule has 0 unspecified atom stereocenters. The normalized spacial score (nSPS) is 15.1. The summed E-state index contributed by atoms with van der Waals surface area (Å²) in [7, 11) is 4.72. The van der Waals surface area contributed by atoms with Gasteiger partial charge in [0.25, 0.3) is 35.4 Å². The van der Waals surface area contributed by atoms with Gasteiger partial charge >= 0.3 is 30.3 Å². The van der Waals surface area contributed by atoms with Crippen LogP contribution in [-0.4, -0.2) is 318 Å². The Bertz CT molecular complexity index is 3770. The molecule has 0 aromatic rings. The third kappa shape index (κ3) is 34.5. The number of carbonyl (C=O) groups excluding carboxylic acids is 17. The van der Waals surface area contributed by atoms with Gasteiger partial charge in [0.15, 0.2) is 23.1 Å². The maximum atomic E-state index is 13.1. The highest BCUT2D eigenvalue weighted by Gasteiger charge is 2.43. The number of halogens is 4. The van der Waals surface area contributed by atoms with Crippen molar-refractivity contribution in [3.05, 3.63) is 68.9 Å². The minimum atomic E-state index is -5.09. The largest absolute Gasteiger partial charge is 0.492 e. The second-order valence-corrected chi connectivity index (χ2v) is 28.9. The van der Waals surface area contributed by atoms with Gasteiger partial charge in [0.05, 0.1) is 88.6 Å². The smallest absolute Gasteiger partial charge is 0.453 e. The van der Waals surface area contributed by atoms with Crippen molar-refractivity contribution in [2.75, 3.05) is 160 Å². The van der Waals surface area contributed by atoms with E-state index in [2.05, 4.69) is 49.7 Å². The van der Waals surface area contributed by atoms with E-state index in [0.717, 1.165) is 28.5 Å². The number of rotatable bonds is 41. The fourth-order valence-electron chi connectivity index (χ4n) is 12.1. The van der Waals surface area contributed by atoms with E-state index in [-0.39, 0.29) is 198 Å². The Labute approximate surface area is 687 Å². The zero-order valence-electron chi connectivity index (χ0n) is 72.1. The Morgan fingerprint density at radius 3 is 1.19 bits per heavy atom. The number of hydroxylamine groups is 3. The highest BCUT2D eigenvalue weighted by Crippen LogP contribution is 2.41. The SMILES string of the molecule is CCN(C(C)C)C(C)C.COC(=O)N(CCOCCOCCC(=O)NCCN1C(=O)C=CC1=O)CCN(C)C(=O)CC(C)(C)C1=C(C)C(=O)C(C)=C(C)C1=O.COC(=O)N(CCOCCOCCC(=O)ON1C(=O)CCC1=O)CCN(C)C(=O)CC(C)(C)C1=C(C)C(=O)C(C)=C(C)C1=O.O=C1C=CC(=O)N1CCNOC(=O)C(F)(F)F.[2H]CF. The van der Waals surface area contributed by atoms with E-state index in [0.29, 0.717) is 61.7 Å². The molecule has 1 fully saturated rings. The van der Waals surface area contributed by atoms with Gasteiger partial charge in [-0.15, -0.1) is 5.06 Å². The number of methoxy groups -OCH3 is 2. The molecule has 0 saturated carbocycles. The maximum Gasteiger partial charge on any atom is 0.492 e. The van der Waals surface area contributed by atoms with E-state index < -0.39 is 83.7 Å². The van der Waals surface area contributed by atoms with E-state index in [4.69, 9.17) is 34.6 Å². The Morgan fingerprint density at radius 2 is 0.856 bits per heavy atom. The van der Waals surface area contributed by atoms with E-state index in [1.54, 1.807) is 88.8 Å². The van der Waals surface area contributed by atoms with E-state index in [9.17, 15) is 99.1 Å². The second-order valence-electron chi connectivity index (χ2n) is 28.9. The highest BCUT2D eigenvalue weighted by atomic mass is 19.4. The molecule has 2 N–H and O–H groups in total. The lowest BCUT2D eigenvalue weighted by Gasteiger charge is -2.33. The number of ether oxygens (including phenoxy) is 6. The number of allylic oxidation sites excluding steroid dienone is 8. The van der Waals surface area contributed by atoms with Gasteiger partial charge in [-0.25, -0.2) is 19.2 Å². The number of amides is 11. The van der Waals surface area contributed by atoms with Gasteiger partial charge in [0, 0.05) is 197 Å². The molecule has 0 atom stereocenters. The first kappa shape index (κ1) is 104. The molecule has 662 valence electrons. The number of hydrogen-bond acceptors (Lipinski definition) is 27. The molecule has 3 aliphatic heterocycles. The number of imide groups is 3. The molecule has 0 bridgehead atoms. The third-order valence-corrected chi connectivity index (χ3v) is 18.9. The second kappa shape index (κ2) is 52.0. The number of nitrogens with one attached hydrogen (secondary N) is 2. The predicted molar refractivity (Wildman–Crippen MR) is 416 cm³/mol. The molecular formula is C79H118F4N10O25. The Balaban J connectivity index is 0.000000893. The first-order chi connectivity index (χ1) is 55.6. The summed E-state index contributed by atoms with van der Waals surface area (Å²) in [6.45, 7) is 31.3. The molecule has 11 amide bonds. The third-order valence-electron chi connectivity index (χ3n) is 18.9. The quantitative estimate of drug-likeness (QED) is 0.0198. The summed E-state index contributed by atoms with van der Waals surface area (Å²) >= 11 is 0. The standard InChI is InChI=1S/C32H46N4O10.C30H43N3O11.C8H7F3N2O4.C8H19N.CH3F/c1-21-22(2)30(42)28(23(3)29(21)41)32(4,5)20-27(40)34(6)13-14-35(31(43)44-7)15-17-46-19-18-45-16-10-24(37)33-11-12-36-25(38)8-9-26(36)39;1-19-20(2)28(39)26(21(3)27(19)38)30(4,5)18-24(36)31(6)11-12-32(29(40)41-7)13-15-43-17-16-42-14-10-25(37)44-33-22(34)8-9-23(33)35;9-8(10,11)7(16)17-12-3-4-13-5(14)1-2-6(13)15;1-6-9(7(2)3)8(4)5;1-2/h8-9H,10-20H2,1-7H3,(H,33,37);8-18H2,1-7H3;1-2,12H,3-4H2;7-8H,6H2,1-5H3;1H3/i;;;;1D. The summed E-state index contributed by atoms with van der Waals surface area (Å²) in [5.74, 6) is -7.79. The monoisotopic (exact) mass is 1680 g/mol. The van der Waals surface area contributed by atoms with Crippen LogP contribution in [0.1, 0.15) is 144 Å². The molecule has 0 radical (unpaired) electrons. The summed E-state index contributed by atoms with van der Waals surface area (Å²) in [6.07, 6.45) is -1.85. The van der Waals surface area contributed by atoms with Crippen molar-refractivity contribution < 1.29 is 139 Å². The Hall–Kier alpha value is -10.1. The number of Topliss-reactive ketones (excluding diaryl/α,β-unsaturated/α-hetero) is 4. The summed E-state index contributed by atoms with van der Waals surface area (Å²) in [4.78, 5) is 222. The van der Waals surface area contributed by atoms with Gasteiger partial charge in [-0.1, -0.05) is 34.6 Å². The van der Waals surface area contributed by atoms with Crippen LogP contribution in [0.2, 0.25) is 0 Å². The summed E-state index contributed by atoms with van der Waals surface area (Å²) in [5.41, 5.74) is 3.01. The fourth-order valence-corrected chi connectivity index (χ4v) is 12.1. The molecule has 118 heavy (non-hydrogen) atoms. The van der Waals surface area contributed by atoms with E-state index in [1.807, 2.05) is 0 Å². The van der Waals surface area contributed by atoms with Crippen LogP contribution in [0.3, 0.4) is 0 Å². The van der Waals surface area contributed by atoms with Gasteiger partial charge in [0.2, 0.25) is 17.7 Å². The van der Waals surface area contributed by atoms with Gasteiger partial charge in [0.1, 0.15) is 0 Å². The molecule has 35 nitrogen and oxygen atoms in total. The van der Waals surface area contributed by atoms with Crippen molar-refractivity contribution in [3.63, 3.8) is 0 Å². The van der Waals surface area contributed by atoms with Crippen molar-refractivity contribution in [2.45, 2.75) is 161 Å². The van der Waals surface area contributed by atoms with Crippen LogP contribution in [0.15, 0.2) is 68.9 Å². The summed E-state index contributed by atoms with van der Waals surface area (Å²) in [6, 6.07) is 1.38. The lowest BCUT2D eigenvalue weighted by molar-refractivity contribution is -0.206. The molecule has 0 aromatic heterocycles. The van der Waals surface area contributed by atoms with Gasteiger partial charge in [-0.05, 0) is 75.8 Å². The highest BCUT2D eigenvalue weighted by molar-refractivity contribution is 6.26. The first-order valence-electron chi connectivity index (χ1n) is 38.7. The summed E-state index contributed by atoms with van der Waals surface area (Å²) in [5, 5.41) is 3.10. The van der Waals surface area contributed by atoms with Crippen molar-refractivity contribution >= 4 is 100 Å². The van der Waals surface area contributed by atoms with Crippen molar-refractivity contribution in [1.82, 2.24) is 50.2 Å². The van der Waals surface area contributed by atoms with Crippen LogP contribution < -0.4 is 10.8 Å². The number of ketones is 4. The fraction of sp³-hybridized carbons (Fsp3) is 0.633. The number of carbonyl (C=O) groups is 17. The number of nitrogens with zero attached hydrogens (tertiary/aromatic N) is 8. The summed E-state index contributed by atoms with van der Waals surface area (Å²) < 4.78 is 81.9. The Morgan fingerprint density at radius 1 is 0.508 bits per heavy atom. The maximum absolute atomic E-state index is 13.1. The van der Waals surface area contributed by atoms with Gasteiger partial charge < -0.3 is 63.0 Å². The molecule has 5 rings (SSSR count). The topological polar surface area (TPSA) is 414 Å². The average molecular weight is 1680 g/mol. The van der Waals surface area contributed by atoms with Crippen molar-refractivity contribution in [1.29, 1.82) is 0 Å². The lowest BCUT2D eigenvalue weighted by Crippen LogP contribution is -2.42. The van der Waals surface area contributed by atoms with Crippen LogP contribution in [0.25, 0.3) is 0 Å². The molecule has 39 heteroatoms. The average Bonchev–Trinajstić information content (AvgIpc) is 1.52. The first-order valence-corrected chi connectivity index (χ1v) is 38.0. The van der Waals surface area contributed by atoms with Gasteiger partial charge in [-0.3, -0.25) is 81.4 Å². The zero-order chi connectivity index (χ0) is 91.0. The van der Waals surface area contributed by atoms with E-state index >= 15 is 0 Å². The molecule has 0 aromatic carbocycles. The number of likely N-dealkylation sites (N-methyl/N-ethyl adjacent to an activating group) is 2. The molecule has 5 aliphatic rings. The van der Waals surface area contributed by atoms with E-state index in [1.165, 1.54) is 46.0 Å². The Kier molecular flexibility index (Phi) is 45.8. The predicted octanol–water partition coefficient (Wildman–Crippen LogP) is 5.20. The van der Waals surface area contributed by atoms with Crippen LogP contribution in [0.4, 0.5) is 27.2 Å². The molecule has 2 aliphatic carbocycles. The molecule has 3 heterocycles. The van der Waals surface area contributed by atoms with Crippen molar-refractivity contribution in [3.8, 4) is 0 Å². The zero-order valence-corrected chi connectivity index (χ0v) is 71.1. The van der Waals surface area contributed by atoms with Crippen LogP contribution >= 0.6 is 0 Å².